The van der Waals surface area contributed by atoms with Crippen LogP contribution in [0.25, 0.3) is 0 Å². The first-order chi connectivity index (χ1) is 30.7. The highest BCUT2D eigenvalue weighted by Crippen LogP contribution is 2.29. The van der Waals surface area contributed by atoms with Gasteiger partial charge in [-0.05, 0) is 104 Å². The summed E-state index contributed by atoms with van der Waals surface area (Å²) in [5.41, 5.74) is 8.60. The molecule has 0 heterocycles. The Balaban J connectivity index is 0.00000291. The fourth-order valence-electron chi connectivity index (χ4n) is 6.01. The van der Waals surface area contributed by atoms with Crippen LogP contribution in [0.15, 0.2) is 109 Å². The van der Waals surface area contributed by atoms with Gasteiger partial charge in [0.2, 0.25) is 0 Å². The van der Waals surface area contributed by atoms with Crippen molar-refractivity contribution in [3.05, 3.63) is 165 Å². The zero-order valence-corrected chi connectivity index (χ0v) is 38.4. The van der Waals surface area contributed by atoms with Gasteiger partial charge in [-0.25, -0.2) is 4.79 Å². The zero-order chi connectivity index (χ0) is 46.4. The van der Waals surface area contributed by atoms with Crippen LogP contribution in [0.2, 0.25) is 0 Å². The molecule has 0 amide bonds. The normalized spacial score (nSPS) is 10.3. The van der Waals surface area contributed by atoms with Crippen molar-refractivity contribution in [2.24, 2.45) is 0 Å². The molecule has 64 heavy (non-hydrogen) atoms. The number of benzene rings is 5. The predicted molar refractivity (Wildman–Crippen MR) is 252 cm³/mol. The molecule has 326 valence electrons. The molecule has 0 unspecified atom stereocenters. The number of aryl methyl sites for hydroxylation is 1. The number of carbonyl (C=O) groups is 1. The summed E-state index contributed by atoms with van der Waals surface area (Å²) in [5, 5.41) is 0. The maximum Gasteiger partial charge on any atom is 0.373 e. The predicted octanol–water partition coefficient (Wildman–Crippen LogP) is 8.39. The lowest BCUT2D eigenvalue weighted by Gasteiger charge is -2.24. The molecule has 5 rings (SSSR count). The highest BCUT2D eigenvalue weighted by atomic mass is 16.5. The molecule has 0 aliphatic rings. The molecule has 0 aliphatic carbocycles. The van der Waals surface area contributed by atoms with Crippen molar-refractivity contribution in [2.45, 2.75) is 33.1 Å². The van der Waals surface area contributed by atoms with E-state index in [1.807, 2.05) is 72.8 Å². The lowest BCUT2D eigenvalue weighted by molar-refractivity contribution is -0.870. The Bertz CT molecular complexity index is 2600. The summed E-state index contributed by atoms with van der Waals surface area (Å²) in [6, 6.07) is 35.3. The fraction of sp³-hybridized carbons (Fsp3) is 0.286. The van der Waals surface area contributed by atoms with E-state index < -0.39 is 0 Å². The van der Waals surface area contributed by atoms with Gasteiger partial charge in [-0.15, -0.1) is 0 Å². The summed E-state index contributed by atoms with van der Waals surface area (Å²) in [6.45, 7) is 7.32. The minimum Gasteiger partial charge on any atom is -0.492 e. The van der Waals surface area contributed by atoms with Crippen molar-refractivity contribution in [3.63, 3.8) is 0 Å². The van der Waals surface area contributed by atoms with E-state index in [2.05, 4.69) is 121 Å². The number of rotatable bonds is 13. The van der Waals surface area contributed by atoms with Crippen LogP contribution >= 0.6 is 0 Å². The van der Waals surface area contributed by atoms with Crippen molar-refractivity contribution < 1.29 is 37.6 Å². The van der Waals surface area contributed by atoms with E-state index in [4.69, 9.17) is 23.8 Å². The molecule has 8 nitrogen and oxygen atoms in total. The number of carbonyl (C=O) groups excluding carboxylic acids is 3. The van der Waals surface area contributed by atoms with Crippen molar-refractivity contribution >= 4 is 12.1 Å². The van der Waals surface area contributed by atoms with Crippen molar-refractivity contribution in [3.8, 4) is 58.9 Å². The summed E-state index contributed by atoms with van der Waals surface area (Å²) >= 11 is 0. The molecule has 0 bridgehead atoms. The van der Waals surface area contributed by atoms with E-state index >= 15 is 0 Å². The smallest absolute Gasteiger partial charge is 0.373 e. The van der Waals surface area contributed by atoms with E-state index in [-0.39, 0.29) is 12.1 Å². The van der Waals surface area contributed by atoms with Crippen LogP contribution in [0.3, 0.4) is 0 Å². The van der Waals surface area contributed by atoms with Crippen LogP contribution in [0.4, 0.5) is 0 Å². The molecule has 0 spiro atoms. The van der Waals surface area contributed by atoms with Crippen molar-refractivity contribution in [1.29, 1.82) is 0 Å². The van der Waals surface area contributed by atoms with Gasteiger partial charge in [-0.2, -0.15) is 9.59 Å². The zero-order valence-electron chi connectivity index (χ0n) is 38.4. The second-order valence-corrected chi connectivity index (χ2v) is 16.9. The second-order valence-electron chi connectivity index (χ2n) is 16.9. The summed E-state index contributed by atoms with van der Waals surface area (Å²) in [7, 11) is 13.1. The largest absolute Gasteiger partial charge is 0.492 e. The summed E-state index contributed by atoms with van der Waals surface area (Å²) < 4.78 is 19.7. The average molecular weight is 855 g/mol. The molecular formula is C56H58N2O6+2. The number of hydrogen-bond donors (Lipinski definition) is 0. The molecule has 0 N–H and O–H groups in total. The Morgan fingerprint density at radius 2 is 0.797 bits per heavy atom. The van der Waals surface area contributed by atoms with E-state index in [0.717, 1.165) is 85.8 Å². The van der Waals surface area contributed by atoms with Crippen molar-refractivity contribution in [1.82, 2.24) is 0 Å². The molecule has 0 saturated heterocycles. The number of nitrogens with zero attached hydrogens (tertiary/aromatic N) is 2. The standard InChI is InChI=1S/C55H58N2O4.CO2/c1-9-43-13-15-44(16-14-43)17-18-45-19-24-47(25-20-45)31-35-51-41-54(61-40-12-38-57(6,7)8)52(42-53(51)60-39-11-37-56(3,4)5)36-32-48-26-21-46(22-27-48)23-28-49-29-33-50(34-30-49)55(58)59-10-2;2-1-3/h13-16,19-22,24-27,29-30,33-34,41-42H,9-12,37-40H2,1-8H3;/q+2;. The fourth-order valence-corrected chi connectivity index (χ4v) is 6.01. The van der Waals surface area contributed by atoms with Crippen LogP contribution in [0.5, 0.6) is 11.5 Å². The Hall–Kier alpha value is -7.29. The minimum absolute atomic E-state index is 0.250. The van der Waals surface area contributed by atoms with Crippen LogP contribution in [-0.2, 0) is 20.7 Å². The van der Waals surface area contributed by atoms with Gasteiger partial charge < -0.3 is 23.2 Å². The molecule has 0 saturated carbocycles. The van der Waals surface area contributed by atoms with Crippen LogP contribution < -0.4 is 9.47 Å². The molecular weight excluding hydrogens is 797 g/mol. The van der Waals surface area contributed by atoms with Gasteiger partial charge in [0.15, 0.2) is 0 Å². The molecule has 0 radical (unpaired) electrons. The monoisotopic (exact) mass is 854 g/mol. The van der Waals surface area contributed by atoms with Gasteiger partial charge in [0.1, 0.15) is 11.5 Å². The molecule has 5 aromatic carbocycles. The van der Waals surface area contributed by atoms with Gasteiger partial charge in [-0.1, -0.05) is 66.4 Å². The minimum atomic E-state index is -0.338. The summed E-state index contributed by atoms with van der Waals surface area (Å²) in [6.07, 6.45) is 3.04. The van der Waals surface area contributed by atoms with Gasteiger partial charge in [0.05, 0.1) is 91.9 Å². The van der Waals surface area contributed by atoms with E-state index in [1.165, 1.54) is 5.56 Å². The number of hydrogen-bond acceptors (Lipinski definition) is 6. The molecule has 8 heteroatoms. The molecule has 0 atom stereocenters. The molecule has 0 aliphatic heterocycles. The highest BCUT2D eigenvalue weighted by molar-refractivity contribution is 5.89. The number of ether oxygens (including phenoxy) is 3. The van der Waals surface area contributed by atoms with Gasteiger partial charge in [0, 0.05) is 58.4 Å². The third kappa shape index (κ3) is 18.0. The quantitative estimate of drug-likeness (QED) is 0.0513. The second kappa shape index (κ2) is 25.0. The summed E-state index contributed by atoms with van der Waals surface area (Å²) in [5.74, 6) is 27.4. The Labute approximate surface area is 380 Å². The first-order valence-corrected chi connectivity index (χ1v) is 21.4. The third-order valence-corrected chi connectivity index (χ3v) is 9.46. The van der Waals surface area contributed by atoms with Crippen molar-refractivity contribution in [2.75, 3.05) is 75.2 Å². The maximum atomic E-state index is 12.0. The average Bonchev–Trinajstić information content (AvgIpc) is 3.27. The number of quaternary nitrogens is 2. The van der Waals surface area contributed by atoms with Gasteiger partial charge in [-0.3, -0.25) is 0 Å². The van der Waals surface area contributed by atoms with Gasteiger partial charge >= 0.3 is 12.1 Å². The Kier molecular flexibility index (Phi) is 19.3. The van der Waals surface area contributed by atoms with Crippen LogP contribution in [-0.4, -0.2) is 96.3 Å². The number of esters is 1. The van der Waals surface area contributed by atoms with Crippen LogP contribution in [0, 0.1) is 47.4 Å². The van der Waals surface area contributed by atoms with Crippen LogP contribution in [0.1, 0.15) is 87.1 Å². The Morgan fingerprint density at radius 1 is 0.484 bits per heavy atom. The van der Waals surface area contributed by atoms with E-state index in [0.29, 0.717) is 36.9 Å². The Morgan fingerprint density at radius 3 is 1.11 bits per heavy atom. The third-order valence-electron chi connectivity index (χ3n) is 9.46. The molecule has 5 aromatic rings. The lowest BCUT2D eigenvalue weighted by Crippen LogP contribution is -2.36. The lowest BCUT2D eigenvalue weighted by atomic mass is 10.1. The van der Waals surface area contributed by atoms with E-state index in [9.17, 15) is 4.79 Å². The topological polar surface area (TPSA) is 78.9 Å². The first kappa shape index (κ1) is 49.4. The SMILES string of the molecule is CCOC(=O)c1ccc(C#Cc2ccc(C#Cc3cc(OCCC[N+](C)(C)C)c(C#Cc4ccc(C#Cc5ccc(CC)cc5)cc4)cc3OCCC[N+](C)(C)C)cc2)cc1.O=C=O. The maximum absolute atomic E-state index is 12.0. The van der Waals surface area contributed by atoms with Gasteiger partial charge in [0.25, 0.3) is 0 Å². The molecule has 0 aromatic heterocycles. The first-order valence-electron chi connectivity index (χ1n) is 21.4. The molecule has 0 fully saturated rings. The summed E-state index contributed by atoms with van der Waals surface area (Å²) in [4.78, 5) is 28.2. The van der Waals surface area contributed by atoms with E-state index in [1.54, 1.807) is 19.1 Å². The highest BCUT2D eigenvalue weighted by Gasteiger charge is 2.14.